The predicted molar refractivity (Wildman–Crippen MR) is 285 cm³/mol. The molecule has 0 N–H and O–H groups in total. The van der Waals surface area contributed by atoms with Crippen LogP contribution >= 0.6 is 0 Å². The third-order valence-corrected chi connectivity index (χ3v) is 16.8. The van der Waals surface area contributed by atoms with Crippen molar-refractivity contribution < 1.29 is 53.9 Å². The summed E-state index contributed by atoms with van der Waals surface area (Å²) in [5.74, 6) is 1.99. The van der Waals surface area contributed by atoms with Crippen molar-refractivity contribution in [2.45, 2.75) is 198 Å². The lowest BCUT2D eigenvalue weighted by atomic mass is 9.63. The number of imidazole rings is 1. The van der Waals surface area contributed by atoms with Crippen LogP contribution in [0.15, 0.2) is 18.7 Å². The number of amides is 3. The van der Waals surface area contributed by atoms with Crippen LogP contribution in [-0.4, -0.2) is 149 Å². The molecule has 0 aliphatic carbocycles. The van der Waals surface area contributed by atoms with Crippen molar-refractivity contribution in [1.29, 1.82) is 5.26 Å². The second kappa shape index (κ2) is 30.8. The van der Waals surface area contributed by atoms with Gasteiger partial charge in [0.15, 0.2) is 0 Å². The number of piperidine rings is 5. The van der Waals surface area contributed by atoms with Gasteiger partial charge < -0.3 is 29.1 Å². The van der Waals surface area contributed by atoms with Crippen LogP contribution in [0.1, 0.15) is 173 Å². The molecule has 0 bridgehead atoms. The zero-order valence-electron chi connectivity index (χ0n) is 48.8. The molecule has 0 unspecified atom stereocenters. The van der Waals surface area contributed by atoms with Gasteiger partial charge >= 0.3 is 18.5 Å². The highest BCUT2D eigenvalue weighted by Crippen LogP contribution is 2.46. The number of aromatic nitrogens is 2. The van der Waals surface area contributed by atoms with Crippen molar-refractivity contribution in [1.82, 2.24) is 34.1 Å². The number of hydrogen-bond acceptors (Lipinski definition) is 7. The molecule has 5 aliphatic heterocycles. The minimum Gasteiger partial charge on any atom is -0.342 e. The second-order valence-electron chi connectivity index (χ2n) is 25.9. The monoisotopic (exact) mass is 1110 g/mol. The van der Waals surface area contributed by atoms with Crippen LogP contribution in [0.2, 0.25) is 0 Å². The van der Waals surface area contributed by atoms with E-state index in [0.29, 0.717) is 42.8 Å². The molecule has 5 aliphatic rings. The van der Waals surface area contributed by atoms with E-state index in [1.54, 1.807) is 12.5 Å². The Labute approximate surface area is 456 Å². The van der Waals surface area contributed by atoms with Gasteiger partial charge in [0, 0.05) is 64.8 Å². The molecule has 0 spiro atoms. The SMILES string of the molecule is CC(C)(C)C1(C)CCN(C(=O)CC#N)CC1.CC(C)(C)C1CCN(CCC(F)(F)F)CC1.CC(C)(C)C1CCN(CCC(F)(F)F)CC1.CC1CCN(C(=O)CC(F)(F)F)CC1.CC1CCN(C(=O)Cn2ccnc2)CC1. The minimum atomic E-state index is -4.37. The normalized spacial score (nSPS) is 20.2. The number of alkyl halides is 9. The lowest BCUT2D eigenvalue weighted by Gasteiger charge is -2.47. The number of halogens is 9. The maximum Gasteiger partial charge on any atom is 0.397 e. The summed E-state index contributed by atoms with van der Waals surface area (Å²) < 4.78 is 110. The first-order chi connectivity index (χ1) is 35.3. The predicted octanol–water partition coefficient (Wildman–Crippen LogP) is 13.3. The van der Waals surface area contributed by atoms with Gasteiger partial charge in [0.25, 0.3) is 0 Å². The van der Waals surface area contributed by atoms with Gasteiger partial charge in [-0.1, -0.05) is 83.1 Å². The van der Waals surface area contributed by atoms with Crippen LogP contribution in [0.4, 0.5) is 39.5 Å². The summed E-state index contributed by atoms with van der Waals surface area (Å²) in [6.07, 6.45) is 0.238. The topological polar surface area (TPSA) is 109 Å². The highest BCUT2D eigenvalue weighted by molar-refractivity contribution is 5.78. The van der Waals surface area contributed by atoms with E-state index in [-0.39, 0.29) is 47.6 Å². The van der Waals surface area contributed by atoms with Gasteiger partial charge in [0.2, 0.25) is 17.7 Å². The molecule has 0 atom stereocenters. The Balaban J connectivity index is 0.000000329. The molecular formula is C57H97F9N8O3. The fourth-order valence-electron chi connectivity index (χ4n) is 10.2. The number of rotatable bonds is 8. The van der Waals surface area contributed by atoms with E-state index in [9.17, 15) is 53.9 Å². The summed E-state index contributed by atoms with van der Waals surface area (Å²) in [5, 5.41) is 8.50. The zero-order chi connectivity index (χ0) is 58.6. The summed E-state index contributed by atoms with van der Waals surface area (Å²) in [5.41, 5.74) is 1.15. The number of nitriles is 1. The quantitative estimate of drug-likeness (QED) is 0.239. The van der Waals surface area contributed by atoms with Crippen molar-refractivity contribution in [2.24, 2.45) is 45.3 Å². The van der Waals surface area contributed by atoms with Crippen LogP contribution in [0.25, 0.3) is 0 Å². The maximum absolute atomic E-state index is 12.0. The fraction of sp³-hybridized carbons (Fsp3) is 0.877. The molecule has 11 nitrogen and oxygen atoms in total. The number of carbonyl (C=O) groups excluding carboxylic acids is 3. The standard InChI is InChI=1S/C13H22N2O.2C12H22F3N.C11H17N3O.C9H14F3NO/c1-12(2,3)13(4)6-9-15(10-7-13)11(16)5-8-14;2*1-11(2,3)10-4-7-16(8-5-10)9-6-12(13,14)15;1-10-2-5-14(6-3-10)11(15)8-13-7-4-12-9-13;1-7-2-4-13(5-3-7)8(14)6-9(10,11)12/h5-7,9-10H2,1-4H3;2*10H,4-9H2,1-3H3;4,7,9-10H,2-3,5-6,8H2,1H3;7H,2-6H2,1H3. The molecule has 1 aromatic rings. The zero-order valence-corrected chi connectivity index (χ0v) is 48.8. The molecule has 1 aromatic heterocycles. The summed E-state index contributed by atoms with van der Waals surface area (Å²) in [4.78, 5) is 47.4. The third-order valence-electron chi connectivity index (χ3n) is 16.8. The van der Waals surface area contributed by atoms with Crippen molar-refractivity contribution in [3.05, 3.63) is 18.7 Å². The summed E-state index contributed by atoms with van der Waals surface area (Å²) in [6, 6.07) is 1.92. The first-order valence-corrected chi connectivity index (χ1v) is 28.1. The Morgan fingerprint density at radius 1 is 0.558 bits per heavy atom. The smallest absolute Gasteiger partial charge is 0.342 e. The van der Waals surface area contributed by atoms with Crippen molar-refractivity contribution in [2.75, 3.05) is 78.5 Å². The fourth-order valence-corrected chi connectivity index (χ4v) is 10.2. The Morgan fingerprint density at radius 2 is 0.935 bits per heavy atom. The number of hydrogen-bond donors (Lipinski definition) is 0. The van der Waals surface area contributed by atoms with Crippen LogP contribution in [0.5, 0.6) is 0 Å². The molecule has 5 fully saturated rings. The Kier molecular flexibility index (Phi) is 27.8. The van der Waals surface area contributed by atoms with Gasteiger partial charge in [-0.3, -0.25) is 14.4 Å². The Morgan fingerprint density at radius 3 is 1.25 bits per heavy atom. The molecule has 0 saturated carbocycles. The van der Waals surface area contributed by atoms with E-state index in [1.165, 1.54) is 4.90 Å². The lowest BCUT2D eigenvalue weighted by molar-refractivity contribution is -0.162. The molecule has 20 heteroatoms. The summed E-state index contributed by atoms with van der Waals surface area (Å²) in [7, 11) is 0. The second-order valence-corrected chi connectivity index (χ2v) is 25.9. The largest absolute Gasteiger partial charge is 0.397 e. The van der Waals surface area contributed by atoms with Crippen molar-refractivity contribution in [3.63, 3.8) is 0 Å². The number of nitrogens with zero attached hydrogens (tertiary/aromatic N) is 8. The number of carbonyl (C=O) groups is 3. The van der Waals surface area contributed by atoms with Gasteiger partial charge in [0.05, 0.1) is 25.2 Å². The van der Waals surface area contributed by atoms with Gasteiger partial charge in [-0.25, -0.2) is 4.98 Å². The van der Waals surface area contributed by atoms with E-state index in [2.05, 4.69) is 81.1 Å². The summed E-state index contributed by atoms with van der Waals surface area (Å²) in [6.45, 7) is 35.0. The van der Waals surface area contributed by atoms with E-state index < -0.39 is 43.7 Å². The van der Waals surface area contributed by atoms with Crippen LogP contribution in [-0.2, 0) is 20.9 Å². The molecule has 0 aromatic carbocycles. The van der Waals surface area contributed by atoms with Crippen LogP contribution in [0, 0.1) is 56.7 Å². The van der Waals surface area contributed by atoms with Crippen molar-refractivity contribution in [3.8, 4) is 6.07 Å². The average Bonchev–Trinajstić information content (AvgIpc) is 3.83. The van der Waals surface area contributed by atoms with Crippen LogP contribution < -0.4 is 0 Å². The van der Waals surface area contributed by atoms with Crippen molar-refractivity contribution >= 4 is 17.7 Å². The lowest BCUT2D eigenvalue weighted by Crippen LogP contribution is -2.46. The highest BCUT2D eigenvalue weighted by atomic mass is 19.4. The minimum absolute atomic E-state index is 0.0153. The van der Waals surface area contributed by atoms with E-state index in [1.807, 2.05) is 43.4 Å². The molecule has 6 heterocycles. The third kappa shape index (κ3) is 28.4. The van der Waals surface area contributed by atoms with E-state index in [0.717, 1.165) is 122 Å². The molecule has 5 saturated heterocycles. The summed E-state index contributed by atoms with van der Waals surface area (Å²) >= 11 is 0. The van der Waals surface area contributed by atoms with Crippen LogP contribution in [0.3, 0.4) is 0 Å². The molecule has 0 radical (unpaired) electrons. The van der Waals surface area contributed by atoms with Gasteiger partial charge in [-0.2, -0.15) is 44.8 Å². The van der Waals surface area contributed by atoms with Gasteiger partial charge in [0.1, 0.15) is 19.4 Å². The Bertz CT molecular complexity index is 1830. The molecule has 446 valence electrons. The maximum atomic E-state index is 12.0. The Hall–Kier alpha value is -3.60. The van der Waals surface area contributed by atoms with Gasteiger partial charge in [-0.15, -0.1) is 0 Å². The molecule has 6 rings (SSSR count). The molecule has 3 amide bonds. The van der Waals surface area contributed by atoms with Gasteiger partial charge in [-0.05, 0) is 136 Å². The van der Waals surface area contributed by atoms with E-state index >= 15 is 0 Å². The first kappa shape index (κ1) is 69.5. The van der Waals surface area contributed by atoms with E-state index in [4.69, 9.17) is 5.26 Å². The molecule has 77 heavy (non-hydrogen) atoms. The average molecular weight is 1110 g/mol. The first-order valence-electron chi connectivity index (χ1n) is 28.1. The highest BCUT2D eigenvalue weighted by Gasteiger charge is 2.41. The molecular weight excluding hydrogens is 1020 g/mol. The number of likely N-dealkylation sites (tertiary alicyclic amines) is 5.